The van der Waals surface area contributed by atoms with E-state index < -0.39 is 46.1 Å². The molecule has 0 aliphatic carbocycles. The molecule has 0 saturated heterocycles. The fourth-order valence-electron chi connectivity index (χ4n) is 1.31. The summed E-state index contributed by atoms with van der Waals surface area (Å²) in [5.74, 6) is -6.64. The lowest BCUT2D eigenvalue weighted by Gasteiger charge is -2.06. The Bertz CT molecular complexity index is 583. The number of hydrogen-bond donors (Lipinski definition) is 4. The van der Waals surface area contributed by atoms with Crippen molar-refractivity contribution in [3.63, 3.8) is 0 Å². The standard InChI is InChI=1S/C10H6O8.C5H10/c11-7(12)3-1-4(8(13)14)6(10(17)18)2-5(3)9(15)16;1-4-5(2)3/h1-2H,(H,11,12)(H,13,14)(H,15,16)(H,17,18);4H,1-3H3. The molecule has 0 unspecified atom stereocenters. The minimum atomic E-state index is -1.66. The van der Waals surface area contributed by atoms with Crippen molar-refractivity contribution < 1.29 is 39.6 Å². The first-order valence-electron chi connectivity index (χ1n) is 6.23. The van der Waals surface area contributed by atoms with Gasteiger partial charge in [-0.3, -0.25) is 0 Å². The molecule has 1 aromatic rings. The van der Waals surface area contributed by atoms with Gasteiger partial charge in [-0.2, -0.15) is 0 Å². The van der Waals surface area contributed by atoms with Crippen LogP contribution in [0.3, 0.4) is 0 Å². The van der Waals surface area contributed by atoms with E-state index in [-0.39, 0.29) is 0 Å². The van der Waals surface area contributed by atoms with Crippen LogP contribution in [0, 0.1) is 0 Å². The topological polar surface area (TPSA) is 149 Å². The van der Waals surface area contributed by atoms with Gasteiger partial charge in [-0.15, -0.1) is 0 Å². The molecule has 0 aliphatic rings. The van der Waals surface area contributed by atoms with E-state index in [1.54, 1.807) is 0 Å². The van der Waals surface area contributed by atoms with E-state index in [1.165, 1.54) is 5.57 Å². The molecule has 23 heavy (non-hydrogen) atoms. The Hall–Kier alpha value is -3.16. The SMILES string of the molecule is CC=C(C)C.O=C(O)c1cc(C(=O)O)c(C(=O)O)cc1C(=O)O. The predicted octanol–water partition coefficient (Wildman–Crippen LogP) is 2.45. The first kappa shape index (κ1) is 19.8. The Morgan fingerprint density at radius 1 is 0.696 bits per heavy atom. The maximum absolute atomic E-state index is 10.8. The van der Waals surface area contributed by atoms with Crippen LogP contribution in [0.5, 0.6) is 0 Å². The van der Waals surface area contributed by atoms with Gasteiger partial charge in [0.05, 0.1) is 22.3 Å². The lowest BCUT2D eigenvalue weighted by atomic mass is 9.98. The van der Waals surface area contributed by atoms with Crippen LogP contribution in [0.2, 0.25) is 0 Å². The number of aromatic carboxylic acids is 4. The summed E-state index contributed by atoms with van der Waals surface area (Å²) in [5.41, 5.74) is -1.77. The van der Waals surface area contributed by atoms with Gasteiger partial charge in [0.2, 0.25) is 0 Å². The van der Waals surface area contributed by atoms with Crippen LogP contribution in [0.4, 0.5) is 0 Å². The zero-order chi connectivity index (χ0) is 18.3. The Morgan fingerprint density at radius 2 is 0.870 bits per heavy atom. The number of allylic oxidation sites excluding steroid dienone is 2. The van der Waals surface area contributed by atoms with Gasteiger partial charge in [0.15, 0.2) is 0 Å². The molecule has 0 heterocycles. The third-order valence-corrected chi connectivity index (χ3v) is 2.66. The normalized spacial score (nSPS) is 9.17. The molecule has 0 radical (unpaired) electrons. The number of carboxylic acids is 4. The van der Waals surface area contributed by atoms with Crippen LogP contribution < -0.4 is 0 Å². The number of carbonyl (C=O) groups is 4. The second-order valence-electron chi connectivity index (χ2n) is 4.53. The zero-order valence-corrected chi connectivity index (χ0v) is 12.7. The molecule has 0 spiro atoms. The van der Waals surface area contributed by atoms with Gasteiger partial charge in [0.25, 0.3) is 0 Å². The van der Waals surface area contributed by atoms with Crippen LogP contribution in [0.1, 0.15) is 62.2 Å². The van der Waals surface area contributed by atoms with E-state index in [0.717, 1.165) is 0 Å². The summed E-state index contributed by atoms with van der Waals surface area (Å²) >= 11 is 0. The molecule has 0 atom stereocenters. The molecule has 1 rings (SSSR count). The van der Waals surface area contributed by atoms with E-state index in [0.29, 0.717) is 12.1 Å². The van der Waals surface area contributed by atoms with Crippen molar-refractivity contribution in [2.24, 2.45) is 0 Å². The highest BCUT2D eigenvalue weighted by Crippen LogP contribution is 2.18. The monoisotopic (exact) mass is 324 g/mol. The molecule has 0 fully saturated rings. The quantitative estimate of drug-likeness (QED) is 0.617. The number of benzene rings is 1. The highest BCUT2D eigenvalue weighted by Gasteiger charge is 2.24. The highest BCUT2D eigenvalue weighted by molar-refractivity contribution is 6.09. The van der Waals surface area contributed by atoms with Gasteiger partial charge >= 0.3 is 23.9 Å². The fourth-order valence-corrected chi connectivity index (χ4v) is 1.31. The average molecular weight is 324 g/mol. The zero-order valence-electron chi connectivity index (χ0n) is 12.7. The Balaban J connectivity index is 0.000000841. The summed E-state index contributed by atoms with van der Waals surface area (Å²) in [6, 6.07) is 1.02. The largest absolute Gasteiger partial charge is 0.478 e. The van der Waals surface area contributed by atoms with Gasteiger partial charge in [0.1, 0.15) is 0 Å². The first-order valence-corrected chi connectivity index (χ1v) is 6.23. The van der Waals surface area contributed by atoms with Crippen LogP contribution in [0.15, 0.2) is 23.8 Å². The Kier molecular flexibility index (Phi) is 7.18. The van der Waals surface area contributed by atoms with Crippen LogP contribution in [-0.4, -0.2) is 44.3 Å². The smallest absolute Gasteiger partial charge is 0.336 e. The highest BCUT2D eigenvalue weighted by atomic mass is 16.4. The summed E-state index contributed by atoms with van der Waals surface area (Å²) in [5, 5.41) is 35.0. The molecular weight excluding hydrogens is 308 g/mol. The van der Waals surface area contributed by atoms with E-state index >= 15 is 0 Å². The van der Waals surface area contributed by atoms with Gasteiger partial charge in [-0.1, -0.05) is 11.6 Å². The molecule has 0 aromatic heterocycles. The summed E-state index contributed by atoms with van der Waals surface area (Å²) in [6.45, 7) is 6.20. The molecule has 0 bridgehead atoms. The van der Waals surface area contributed by atoms with Gasteiger partial charge in [-0.25, -0.2) is 19.2 Å². The summed E-state index contributed by atoms with van der Waals surface area (Å²) < 4.78 is 0. The van der Waals surface area contributed by atoms with Crippen LogP contribution in [-0.2, 0) is 0 Å². The minimum absolute atomic E-state index is 0.511. The first-order chi connectivity index (χ1) is 10.5. The molecule has 0 aliphatic heterocycles. The number of rotatable bonds is 4. The molecule has 0 amide bonds. The Labute approximate surface area is 131 Å². The molecule has 0 saturated carbocycles. The lowest BCUT2D eigenvalue weighted by molar-refractivity contribution is 0.0637. The van der Waals surface area contributed by atoms with Gasteiger partial charge in [0, 0.05) is 0 Å². The van der Waals surface area contributed by atoms with E-state index in [4.69, 9.17) is 20.4 Å². The lowest BCUT2D eigenvalue weighted by Crippen LogP contribution is -2.15. The molecular formula is C15H16O8. The molecule has 1 aromatic carbocycles. The fraction of sp³-hybridized carbons (Fsp3) is 0.200. The second-order valence-corrected chi connectivity index (χ2v) is 4.53. The number of hydrogen-bond acceptors (Lipinski definition) is 4. The van der Waals surface area contributed by atoms with Crippen LogP contribution in [0.25, 0.3) is 0 Å². The molecule has 8 nitrogen and oxygen atoms in total. The maximum Gasteiger partial charge on any atom is 0.336 e. The van der Waals surface area contributed by atoms with Gasteiger partial charge in [-0.05, 0) is 32.9 Å². The molecule has 8 heteroatoms. The average Bonchev–Trinajstić information content (AvgIpc) is 2.45. The van der Waals surface area contributed by atoms with Crippen LogP contribution >= 0.6 is 0 Å². The van der Waals surface area contributed by atoms with Crippen molar-refractivity contribution in [1.29, 1.82) is 0 Å². The van der Waals surface area contributed by atoms with E-state index in [1.807, 2.05) is 6.92 Å². The van der Waals surface area contributed by atoms with E-state index in [9.17, 15) is 19.2 Å². The second kappa shape index (κ2) is 8.32. The van der Waals surface area contributed by atoms with Crippen molar-refractivity contribution in [2.45, 2.75) is 20.8 Å². The third kappa shape index (κ3) is 5.62. The summed E-state index contributed by atoms with van der Waals surface area (Å²) in [7, 11) is 0. The van der Waals surface area contributed by atoms with Crippen molar-refractivity contribution >= 4 is 23.9 Å². The van der Waals surface area contributed by atoms with Gasteiger partial charge < -0.3 is 20.4 Å². The van der Waals surface area contributed by atoms with E-state index in [2.05, 4.69) is 19.9 Å². The van der Waals surface area contributed by atoms with Crippen molar-refractivity contribution in [1.82, 2.24) is 0 Å². The number of carboxylic acid groups (broad SMARTS) is 4. The summed E-state index contributed by atoms with van der Waals surface area (Å²) in [4.78, 5) is 43.1. The molecule has 4 N–H and O–H groups in total. The third-order valence-electron chi connectivity index (χ3n) is 2.66. The predicted molar refractivity (Wildman–Crippen MR) is 79.4 cm³/mol. The Morgan fingerprint density at radius 3 is 0.957 bits per heavy atom. The minimum Gasteiger partial charge on any atom is -0.478 e. The summed E-state index contributed by atoms with van der Waals surface area (Å²) in [6.07, 6.45) is 2.08. The van der Waals surface area contributed by atoms with Crippen molar-refractivity contribution in [2.75, 3.05) is 0 Å². The molecule has 124 valence electrons. The van der Waals surface area contributed by atoms with Crippen molar-refractivity contribution in [3.05, 3.63) is 46.0 Å². The maximum atomic E-state index is 10.8. The van der Waals surface area contributed by atoms with Crippen molar-refractivity contribution in [3.8, 4) is 0 Å².